The van der Waals surface area contributed by atoms with Crippen molar-refractivity contribution in [3.8, 4) is 0 Å². The molecular formula is C18H26FNO. The van der Waals surface area contributed by atoms with Gasteiger partial charge in [-0.1, -0.05) is 31.4 Å². The molecule has 1 atom stereocenters. The van der Waals surface area contributed by atoms with Crippen molar-refractivity contribution >= 4 is 5.69 Å². The number of hydrogen-bond acceptors (Lipinski definition) is 2. The van der Waals surface area contributed by atoms with E-state index in [9.17, 15) is 9.50 Å². The third-order valence-electron chi connectivity index (χ3n) is 5.52. The molecule has 1 spiro atoms. The number of benzene rings is 1. The molecule has 1 saturated carbocycles. The number of hydrogen-bond donors (Lipinski definition) is 1. The van der Waals surface area contributed by atoms with Crippen molar-refractivity contribution in [3.63, 3.8) is 0 Å². The quantitative estimate of drug-likeness (QED) is 0.871. The van der Waals surface area contributed by atoms with Crippen LogP contribution in [-0.4, -0.2) is 18.2 Å². The van der Waals surface area contributed by atoms with Crippen LogP contribution in [0.3, 0.4) is 0 Å². The number of nitrogens with zero attached hydrogens (tertiary/aromatic N) is 1. The number of para-hydroxylation sites is 1. The molecule has 3 rings (SSSR count). The second-order valence-corrected chi connectivity index (χ2v) is 6.90. The Balaban J connectivity index is 1.78. The van der Waals surface area contributed by atoms with Crippen LogP contribution in [0.2, 0.25) is 0 Å². The Labute approximate surface area is 127 Å². The minimum atomic E-state index is -0.624. The first-order valence-electron chi connectivity index (χ1n) is 8.33. The summed E-state index contributed by atoms with van der Waals surface area (Å²) in [6.45, 7) is 3.55. The van der Waals surface area contributed by atoms with Crippen LogP contribution in [0.4, 0.5) is 10.1 Å². The van der Waals surface area contributed by atoms with Gasteiger partial charge in [0, 0.05) is 18.7 Å². The Morgan fingerprint density at radius 2 is 1.76 bits per heavy atom. The number of aliphatic hydroxyl groups excluding tert-OH is 1. The van der Waals surface area contributed by atoms with E-state index in [-0.39, 0.29) is 5.82 Å². The summed E-state index contributed by atoms with van der Waals surface area (Å²) in [5.74, 6) is -0.201. The summed E-state index contributed by atoms with van der Waals surface area (Å²) < 4.78 is 14.3. The molecule has 1 aliphatic carbocycles. The van der Waals surface area contributed by atoms with Crippen molar-refractivity contribution in [2.24, 2.45) is 5.41 Å². The first kappa shape index (κ1) is 14.8. The standard InChI is InChI=1S/C18H26FNO/c1-14(21)15-6-5-7-16(19)17(15)20-12-10-18(11-13-20)8-3-2-4-9-18/h5-7,14,21H,2-4,8-13H2,1H3/t14-/m1/s1. The maximum absolute atomic E-state index is 14.3. The summed E-state index contributed by atoms with van der Waals surface area (Å²) in [4.78, 5) is 2.15. The minimum absolute atomic E-state index is 0.201. The number of piperidine rings is 1. The van der Waals surface area contributed by atoms with Gasteiger partial charge in [0.2, 0.25) is 0 Å². The molecule has 21 heavy (non-hydrogen) atoms. The topological polar surface area (TPSA) is 23.5 Å². The van der Waals surface area contributed by atoms with Crippen LogP contribution >= 0.6 is 0 Å². The normalized spacial score (nSPS) is 23.3. The first-order chi connectivity index (χ1) is 10.1. The predicted molar refractivity (Wildman–Crippen MR) is 84.0 cm³/mol. The molecule has 1 saturated heterocycles. The van der Waals surface area contributed by atoms with Gasteiger partial charge in [-0.3, -0.25) is 0 Å². The van der Waals surface area contributed by atoms with E-state index in [1.165, 1.54) is 51.0 Å². The molecule has 116 valence electrons. The van der Waals surface area contributed by atoms with Gasteiger partial charge in [0.15, 0.2) is 0 Å². The fourth-order valence-corrected chi connectivity index (χ4v) is 4.21. The lowest BCUT2D eigenvalue weighted by Crippen LogP contribution is -2.41. The molecule has 1 aromatic carbocycles. The fourth-order valence-electron chi connectivity index (χ4n) is 4.21. The molecule has 0 aromatic heterocycles. The van der Waals surface area contributed by atoms with Crippen molar-refractivity contribution < 1.29 is 9.50 Å². The summed E-state index contributed by atoms with van der Waals surface area (Å²) in [6.07, 6.45) is 8.51. The summed E-state index contributed by atoms with van der Waals surface area (Å²) in [5, 5.41) is 9.91. The molecular weight excluding hydrogens is 265 g/mol. The van der Waals surface area contributed by atoms with Crippen molar-refractivity contribution in [1.29, 1.82) is 0 Å². The van der Waals surface area contributed by atoms with Crippen molar-refractivity contribution in [3.05, 3.63) is 29.6 Å². The van der Waals surface area contributed by atoms with E-state index in [4.69, 9.17) is 0 Å². The van der Waals surface area contributed by atoms with Crippen molar-refractivity contribution in [1.82, 2.24) is 0 Å². The zero-order valence-corrected chi connectivity index (χ0v) is 12.9. The Morgan fingerprint density at radius 3 is 2.38 bits per heavy atom. The molecule has 2 fully saturated rings. The van der Waals surface area contributed by atoms with E-state index in [1.54, 1.807) is 13.0 Å². The monoisotopic (exact) mass is 291 g/mol. The number of anilines is 1. The molecule has 0 amide bonds. The van der Waals surface area contributed by atoms with Gasteiger partial charge in [-0.25, -0.2) is 4.39 Å². The average Bonchev–Trinajstić information content (AvgIpc) is 2.49. The fraction of sp³-hybridized carbons (Fsp3) is 0.667. The van der Waals surface area contributed by atoms with E-state index in [0.29, 0.717) is 11.1 Å². The highest BCUT2D eigenvalue weighted by Crippen LogP contribution is 2.45. The van der Waals surface area contributed by atoms with E-state index < -0.39 is 6.10 Å². The lowest BCUT2D eigenvalue weighted by Gasteiger charge is -2.45. The Bertz CT molecular complexity index is 484. The highest BCUT2D eigenvalue weighted by atomic mass is 19.1. The van der Waals surface area contributed by atoms with Crippen LogP contribution in [0.15, 0.2) is 18.2 Å². The zero-order chi connectivity index (χ0) is 14.9. The third kappa shape index (κ3) is 2.94. The molecule has 1 aromatic rings. The maximum Gasteiger partial charge on any atom is 0.146 e. The molecule has 1 aliphatic heterocycles. The van der Waals surface area contributed by atoms with Gasteiger partial charge in [0.1, 0.15) is 5.82 Å². The highest BCUT2D eigenvalue weighted by molar-refractivity contribution is 5.56. The number of halogens is 1. The Morgan fingerprint density at radius 1 is 1.10 bits per heavy atom. The SMILES string of the molecule is C[C@@H](O)c1cccc(F)c1N1CCC2(CCCCC2)CC1. The van der Waals surface area contributed by atoms with Crippen LogP contribution in [0.1, 0.15) is 63.5 Å². The van der Waals surface area contributed by atoms with Gasteiger partial charge in [0.25, 0.3) is 0 Å². The molecule has 0 bridgehead atoms. The molecule has 0 radical (unpaired) electrons. The second kappa shape index (κ2) is 5.96. The molecule has 1 heterocycles. The van der Waals surface area contributed by atoms with E-state index >= 15 is 0 Å². The lowest BCUT2D eigenvalue weighted by molar-refractivity contribution is 0.143. The van der Waals surface area contributed by atoms with Gasteiger partial charge in [-0.15, -0.1) is 0 Å². The number of rotatable bonds is 2. The van der Waals surface area contributed by atoms with Crippen LogP contribution in [-0.2, 0) is 0 Å². The smallest absolute Gasteiger partial charge is 0.146 e. The van der Waals surface area contributed by atoms with Crippen LogP contribution in [0.25, 0.3) is 0 Å². The minimum Gasteiger partial charge on any atom is -0.389 e. The van der Waals surface area contributed by atoms with Gasteiger partial charge < -0.3 is 10.0 Å². The van der Waals surface area contributed by atoms with Gasteiger partial charge in [-0.2, -0.15) is 0 Å². The van der Waals surface area contributed by atoms with Gasteiger partial charge >= 0.3 is 0 Å². The Kier molecular flexibility index (Phi) is 4.21. The van der Waals surface area contributed by atoms with E-state index in [2.05, 4.69) is 4.90 Å². The van der Waals surface area contributed by atoms with Gasteiger partial charge in [-0.05, 0) is 44.1 Å². The van der Waals surface area contributed by atoms with Crippen LogP contribution in [0, 0.1) is 11.2 Å². The highest BCUT2D eigenvalue weighted by Gasteiger charge is 2.36. The summed E-state index contributed by atoms with van der Waals surface area (Å²) >= 11 is 0. The molecule has 1 N–H and O–H groups in total. The van der Waals surface area contributed by atoms with Crippen molar-refractivity contribution in [2.75, 3.05) is 18.0 Å². The first-order valence-corrected chi connectivity index (χ1v) is 8.33. The summed E-state index contributed by atoms with van der Waals surface area (Å²) in [6, 6.07) is 5.04. The molecule has 2 aliphatic rings. The molecule has 0 unspecified atom stereocenters. The van der Waals surface area contributed by atoms with Crippen LogP contribution < -0.4 is 4.90 Å². The summed E-state index contributed by atoms with van der Waals surface area (Å²) in [5.41, 5.74) is 1.86. The van der Waals surface area contributed by atoms with E-state index in [0.717, 1.165) is 18.7 Å². The molecule has 2 nitrogen and oxygen atoms in total. The number of aliphatic hydroxyl groups is 1. The summed E-state index contributed by atoms with van der Waals surface area (Å²) in [7, 11) is 0. The lowest BCUT2D eigenvalue weighted by atomic mass is 9.68. The third-order valence-corrected chi connectivity index (χ3v) is 5.52. The second-order valence-electron chi connectivity index (χ2n) is 6.90. The maximum atomic E-state index is 14.3. The molecule has 3 heteroatoms. The van der Waals surface area contributed by atoms with Gasteiger partial charge in [0.05, 0.1) is 11.8 Å². The van der Waals surface area contributed by atoms with Crippen LogP contribution in [0.5, 0.6) is 0 Å². The largest absolute Gasteiger partial charge is 0.389 e. The zero-order valence-electron chi connectivity index (χ0n) is 12.9. The Hall–Kier alpha value is -1.09. The van der Waals surface area contributed by atoms with Crippen molar-refractivity contribution in [2.45, 2.75) is 58.0 Å². The van der Waals surface area contributed by atoms with E-state index in [1.807, 2.05) is 6.07 Å². The average molecular weight is 291 g/mol. The predicted octanol–water partition coefficient (Wildman–Crippen LogP) is 4.43.